The van der Waals surface area contributed by atoms with E-state index in [0.717, 1.165) is 29.1 Å². The van der Waals surface area contributed by atoms with E-state index >= 15 is 0 Å². The molecule has 0 radical (unpaired) electrons. The maximum atomic E-state index is 12.1. The average Bonchev–Trinajstić information content (AvgIpc) is 3.38. The summed E-state index contributed by atoms with van der Waals surface area (Å²) in [6, 6.07) is 13.8. The number of carbonyl (C=O) groups is 1. The summed E-state index contributed by atoms with van der Waals surface area (Å²) < 4.78 is 9.68. The van der Waals surface area contributed by atoms with Gasteiger partial charge in [0.15, 0.2) is 5.82 Å². The summed E-state index contributed by atoms with van der Waals surface area (Å²) in [5.41, 5.74) is 3.42. The third kappa shape index (κ3) is 4.80. The monoisotopic (exact) mass is 512 g/mol. The highest BCUT2D eigenvalue weighted by atomic mass is 16.5. The van der Waals surface area contributed by atoms with Crippen LogP contribution in [0.25, 0.3) is 17.1 Å². The first-order valence-electron chi connectivity index (χ1n) is 13.4. The van der Waals surface area contributed by atoms with Gasteiger partial charge < -0.3 is 9.84 Å². The molecule has 1 unspecified atom stereocenters. The summed E-state index contributed by atoms with van der Waals surface area (Å²) >= 11 is 0. The maximum Gasteiger partial charge on any atom is 0.339 e. The van der Waals surface area contributed by atoms with Gasteiger partial charge in [-0.2, -0.15) is 5.10 Å². The average molecular weight is 513 g/mol. The maximum absolute atomic E-state index is 12.1. The molecule has 4 aromatic rings. The topological polar surface area (TPSA) is 108 Å². The van der Waals surface area contributed by atoms with Crippen molar-refractivity contribution in [3.8, 4) is 22.8 Å². The first kappa shape index (κ1) is 24.3. The molecule has 2 aliphatic rings. The highest BCUT2D eigenvalue weighted by molar-refractivity contribution is 5.89. The number of pyridine rings is 1. The quantitative estimate of drug-likeness (QED) is 0.338. The molecule has 0 bridgehead atoms. The molecule has 1 N–H and O–H groups in total. The van der Waals surface area contributed by atoms with Gasteiger partial charge in [0, 0.05) is 30.6 Å². The van der Waals surface area contributed by atoms with E-state index in [0.29, 0.717) is 17.4 Å². The van der Waals surface area contributed by atoms with Gasteiger partial charge in [0.2, 0.25) is 0 Å². The molecule has 196 valence electrons. The zero-order chi connectivity index (χ0) is 26.2. The summed E-state index contributed by atoms with van der Waals surface area (Å²) in [6.07, 6.45) is 10.6. The lowest BCUT2D eigenvalue weighted by Gasteiger charge is -2.28. The van der Waals surface area contributed by atoms with E-state index in [9.17, 15) is 9.90 Å². The molecule has 3 heterocycles. The number of hydrogen-bond donors (Lipinski definition) is 1. The highest BCUT2D eigenvalue weighted by Gasteiger charge is 2.46. The smallest absolute Gasteiger partial charge is 0.339 e. The molecule has 2 saturated carbocycles. The van der Waals surface area contributed by atoms with Crippen molar-refractivity contribution < 1.29 is 14.6 Å². The Labute approximate surface area is 221 Å². The molecule has 2 aliphatic carbocycles. The van der Waals surface area contributed by atoms with E-state index in [1.165, 1.54) is 38.3 Å². The fraction of sp³-hybridized carbons (Fsp3) is 0.414. The highest BCUT2D eigenvalue weighted by Crippen LogP contribution is 2.55. The Balaban J connectivity index is 1.28. The Morgan fingerprint density at radius 1 is 1.11 bits per heavy atom. The Bertz CT molecular complexity index is 1450. The molecule has 9 nitrogen and oxygen atoms in total. The molecule has 1 aromatic carbocycles. The van der Waals surface area contributed by atoms with Gasteiger partial charge in [-0.05, 0) is 56.4 Å². The van der Waals surface area contributed by atoms with Gasteiger partial charge in [0.1, 0.15) is 11.3 Å². The molecule has 0 spiro atoms. The number of nitrogens with zero attached hydrogens (tertiary/aromatic N) is 6. The third-order valence-corrected chi connectivity index (χ3v) is 7.90. The molecular weight excluding hydrogens is 480 g/mol. The number of aryl methyl sites for hydroxylation is 1. The fourth-order valence-corrected chi connectivity index (χ4v) is 5.77. The van der Waals surface area contributed by atoms with Crippen molar-refractivity contribution in [3.63, 3.8) is 0 Å². The van der Waals surface area contributed by atoms with Gasteiger partial charge >= 0.3 is 5.97 Å². The van der Waals surface area contributed by atoms with Gasteiger partial charge in [-0.3, -0.25) is 4.68 Å². The Hall–Kier alpha value is -4.01. The molecule has 9 heteroatoms. The zero-order valence-electron chi connectivity index (χ0n) is 21.7. The summed E-state index contributed by atoms with van der Waals surface area (Å²) in [5.74, 6) is 1.12. The molecule has 0 aliphatic heterocycles. The Morgan fingerprint density at radius 2 is 1.92 bits per heavy atom. The normalized spacial score (nSPS) is 20.3. The van der Waals surface area contributed by atoms with Crippen LogP contribution in [0, 0.1) is 5.92 Å². The minimum atomic E-state index is -0.996. The summed E-state index contributed by atoms with van der Waals surface area (Å²) in [4.78, 5) is 16.9. The predicted molar refractivity (Wildman–Crippen MR) is 142 cm³/mol. The molecular formula is C29H32N6O3. The minimum absolute atomic E-state index is 0.0104. The largest absolute Gasteiger partial charge is 0.490 e. The first-order valence-corrected chi connectivity index (χ1v) is 13.4. The van der Waals surface area contributed by atoms with Gasteiger partial charge in [0.25, 0.3) is 0 Å². The summed E-state index contributed by atoms with van der Waals surface area (Å²) in [6.45, 7) is 2.17. The number of carboxylic acids is 1. The van der Waals surface area contributed by atoms with Gasteiger partial charge in [-0.1, -0.05) is 42.7 Å². The van der Waals surface area contributed by atoms with Gasteiger partial charge in [0.05, 0.1) is 29.4 Å². The number of ether oxygens (including phenoxy) is 1. The predicted octanol–water partition coefficient (Wildman–Crippen LogP) is 5.38. The fourth-order valence-electron chi connectivity index (χ4n) is 5.77. The van der Waals surface area contributed by atoms with Crippen LogP contribution in [-0.4, -0.2) is 46.9 Å². The van der Waals surface area contributed by atoms with Crippen LogP contribution in [0.1, 0.15) is 79.0 Å². The van der Waals surface area contributed by atoms with E-state index in [1.807, 2.05) is 55.7 Å². The van der Waals surface area contributed by atoms with Crippen molar-refractivity contribution in [3.05, 3.63) is 71.8 Å². The molecule has 0 saturated heterocycles. The van der Waals surface area contributed by atoms with Crippen molar-refractivity contribution in [1.82, 2.24) is 29.8 Å². The van der Waals surface area contributed by atoms with E-state index in [-0.39, 0.29) is 23.5 Å². The van der Waals surface area contributed by atoms with Crippen LogP contribution >= 0.6 is 0 Å². The lowest BCUT2D eigenvalue weighted by molar-refractivity contribution is 0.0695. The molecule has 6 rings (SSSR count). The minimum Gasteiger partial charge on any atom is -0.490 e. The van der Waals surface area contributed by atoms with E-state index in [2.05, 4.69) is 22.3 Å². The van der Waals surface area contributed by atoms with Crippen LogP contribution in [0.3, 0.4) is 0 Å². The van der Waals surface area contributed by atoms with Crippen LogP contribution in [0.2, 0.25) is 0 Å². The lowest BCUT2D eigenvalue weighted by Crippen LogP contribution is -2.25. The second kappa shape index (κ2) is 10.0. The number of aromatic carboxylic acids is 1. The number of carboxylic acid groups (broad SMARTS) is 1. The molecule has 38 heavy (non-hydrogen) atoms. The Kier molecular flexibility index (Phi) is 6.43. The third-order valence-electron chi connectivity index (χ3n) is 7.90. The van der Waals surface area contributed by atoms with Crippen molar-refractivity contribution in [1.29, 1.82) is 0 Å². The van der Waals surface area contributed by atoms with Crippen LogP contribution < -0.4 is 4.74 Å². The van der Waals surface area contributed by atoms with Crippen LogP contribution in [0.4, 0.5) is 0 Å². The van der Waals surface area contributed by atoms with Crippen LogP contribution in [-0.2, 0) is 7.05 Å². The van der Waals surface area contributed by atoms with Crippen molar-refractivity contribution in [2.45, 2.75) is 63.4 Å². The van der Waals surface area contributed by atoms with Crippen molar-refractivity contribution >= 4 is 5.97 Å². The van der Waals surface area contributed by atoms with E-state index in [1.54, 1.807) is 9.36 Å². The standard InChI is InChI=1S/C29H32N6O3/c1-18(19-8-4-3-5-9-19)38-21-11-6-10-20(14-21)25-12-7-13-27(31-25)35-28(24(16-30-35)29(36)37)23-15-22(23)26-17-34(2)33-32-26/h6-7,10-14,16-19,22-23H,3-5,8-9,15H2,1-2H3,(H,36,37)/t18?,22-,23-/m1/s1. The van der Waals surface area contributed by atoms with Gasteiger partial charge in [-0.25, -0.2) is 14.5 Å². The number of hydrogen-bond acceptors (Lipinski definition) is 6. The number of aromatic nitrogens is 6. The molecule has 2 fully saturated rings. The van der Waals surface area contributed by atoms with E-state index in [4.69, 9.17) is 9.72 Å². The zero-order valence-corrected chi connectivity index (χ0v) is 21.7. The second-order valence-electron chi connectivity index (χ2n) is 10.6. The Morgan fingerprint density at radius 3 is 2.68 bits per heavy atom. The number of benzene rings is 1. The second-order valence-corrected chi connectivity index (χ2v) is 10.6. The van der Waals surface area contributed by atoms with Crippen LogP contribution in [0.5, 0.6) is 5.75 Å². The molecule has 3 atom stereocenters. The van der Waals surface area contributed by atoms with Crippen molar-refractivity contribution in [2.24, 2.45) is 13.0 Å². The van der Waals surface area contributed by atoms with Crippen LogP contribution in [0.15, 0.2) is 54.9 Å². The van der Waals surface area contributed by atoms with Gasteiger partial charge in [-0.15, -0.1) is 5.10 Å². The SMILES string of the molecule is CC(Oc1cccc(-c2cccc(-n3ncc(C(=O)O)c3[C@@H]3C[C@H]3c3cn(C)nn3)n2)c1)C1CCCCC1. The van der Waals surface area contributed by atoms with E-state index < -0.39 is 5.97 Å². The lowest BCUT2D eigenvalue weighted by atomic mass is 9.86. The first-order chi connectivity index (χ1) is 18.5. The molecule has 3 aromatic heterocycles. The van der Waals surface area contributed by atoms with Crippen molar-refractivity contribution in [2.75, 3.05) is 0 Å². The number of rotatable bonds is 8. The molecule has 0 amide bonds. The summed E-state index contributed by atoms with van der Waals surface area (Å²) in [7, 11) is 1.83. The summed E-state index contributed by atoms with van der Waals surface area (Å²) in [5, 5.41) is 22.6.